The first-order valence-electron chi connectivity index (χ1n) is 16.5. The van der Waals surface area contributed by atoms with Gasteiger partial charge in [0.15, 0.2) is 11.6 Å². The van der Waals surface area contributed by atoms with E-state index in [1.807, 2.05) is 128 Å². The number of benzene rings is 6. The molecule has 240 valence electrons. The summed E-state index contributed by atoms with van der Waals surface area (Å²) in [5.74, 6) is 2.49. The molecule has 6 aromatic rings. The van der Waals surface area contributed by atoms with Gasteiger partial charge < -0.3 is 9.47 Å². The largest absolute Gasteiger partial charge is 0.483 e. The molecule has 1 unspecified atom stereocenters. The molecule has 0 fully saturated rings. The lowest BCUT2D eigenvalue weighted by Gasteiger charge is -2.30. The molecule has 0 spiro atoms. The Morgan fingerprint density at radius 2 is 1.04 bits per heavy atom. The minimum absolute atomic E-state index is 0.00464. The Morgan fingerprint density at radius 1 is 0.583 bits per heavy atom. The number of hydrogen-bond donors (Lipinski definition) is 0. The van der Waals surface area contributed by atoms with Gasteiger partial charge in [-0.25, -0.2) is 0 Å². The molecule has 0 aromatic heterocycles. The van der Waals surface area contributed by atoms with Gasteiger partial charge in [-0.2, -0.15) is 0 Å². The summed E-state index contributed by atoms with van der Waals surface area (Å²) in [7, 11) is 0. The molecule has 0 heterocycles. The summed E-state index contributed by atoms with van der Waals surface area (Å²) < 4.78 is 12.8. The van der Waals surface area contributed by atoms with Crippen LogP contribution in [0.25, 0.3) is 10.8 Å². The number of carbonyl (C=O) groups is 2. The number of ketones is 2. The van der Waals surface area contributed by atoms with Crippen molar-refractivity contribution in [3.63, 3.8) is 0 Å². The summed E-state index contributed by atoms with van der Waals surface area (Å²) in [4.78, 5) is 26.0. The maximum atomic E-state index is 13.0. The van der Waals surface area contributed by atoms with Crippen molar-refractivity contribution < 1.29 is 19.1 Å². The molecule has 6 aromatic carbocycles. The predicted molar refractivity (Wildman–Crippen MR) is 194 cm³/mol. The molecule has 48 heavy (non-hydrogen) atoms. The van der Waals surface area contributed by atoms with E-state index in [0.717, 1.165) is 34.1 Å². The Labute approximate surface area is 283 Å². The molecule has 0 amide bonds. The fourth-order valence-electron chi connectivity index (χ4n) is 5.77. The maximum Gasteiger partial charge on any atom is 0.193 e. The Kier molecular flexibility index (Phi) is 9.27. The van der Waals surface area contributed by atoms with Gasteiger partial charge in [0.25, 0.3) is 0 Å². The van der Waals surface area contributed by atoms with Crippen LogP contribution in [0.4, 0.5) is 0 Å². The monoisotopic (exact) mass is 632 g/mol. The van der Waals surface area contributed by atoms with Gasteiger partial charge in [-0.1, -0.05) is 111 Å². The molecular weight excluding hydrogens is 592 g/mol. The molecule has 0 bridgehead atoms. The van der Waals surface area contributed by atoms with E-state index in [1.165, 1.54) is 5.56 Å². The average molecular weight is 633 g/mol. The van der Waals surface area contributed by atoms with Crippen molar-refractivity contribution in [2.24, 2.45) is 0 Å². The molecule has 4 nitrogen and oxygen atoms in total. The van der Waals surface area contributed by atoms with Crippen LogP contribution in [0.1, 0.15) is 88.6 Å². The molecule has 0 saturated heterocycles. The Morgan fingerprint density at radius 3 is 1.58 bits per heavy atom. The average Bonchev–Trinajstić information content (AvgIpc) is 3.11. The van der Waals surface area contributed by atoms with Gasteiger partial charge in [-0.3, -0.25) is 9.59 Å². The van der Waals surface area contributed by atoms with Crippen LogP contribution >= 0.6 is 0 Å². The lowest BCUT2D eigenvalue weighted by molar-refractivity contribution is 0.0827. The van der Waals surface area contributed by atoms with E-state index in [9.17, 15) is 9.59 Å². The van der Waals surface area contributed by atoms with Gasteiger partial charge in [0.2, 0.25) is 0 Å². The lowest BCUT2D eigenvalue weighted by atomic mass is 9.91. The van der Waals surface area contributed by atoms with Crippen molar-refractivity contribution in [1.29, 1.82) is 0 Å². The molecule has 6 rings (SSSR count). The minimum atomic E-state index is -0.594. The second-order valence-electron chi connectivity index (χ2n) is 12.9. The first kappa shape index (κ1) is 32.5. The second kappa shape index (κ2) is 13.7. The first-order valence-corrected chi connectivity index (χ1v) is 16.5. The number of ether oxygens (including phenoxy) is 2. The highest BCUT2D eigenvalue weighted by atomic mass is 16.5. The van der Waals surface area contributed by atoms with E-state index in [1.54, 1.807) is 12.1 Å². The fraction of sp³-hybridized carbons (Fsp3) is 0.182. The van der Waals surface area contributed by atoms with Crippen molar-refractivity contribution in [3.05, 3.63) is 172 Å². The van der Waals surface area contributed by atoms with Crippen LogP contribution < -0.4 is 9.47 Å². The van der Waals surface area contributed by atoms with Crippen molar-refractivity contribution >= 4 is 22.3 Å². The number of rotatable bonds is 11. The zero-order chi connectivity index (χ0) is 33.8. The predicted octanol–water partition coefficient (Wildman–Crippen LogP) is 11.2. The van der Waals surface area contributed by atoms with E-state index < -0.39 is 5.60 Å². The normalized spacial score (nSPS) is 12.5. The molecule has 4 heteroatoms. The van der Waals surface area contributed by atoms with Gasteiger partial charge in [0.05, 0.1) is 0 Å². The summed E-state index contributed by atoms with van der Waals surface area (Å²) in [6, 6.07) is 42.5. The maximum absolute atomic E-state index is 13.0. The highest BCUT2D eigenvalue weighted by molar-refractivity contribution is 6.09. The number of fused-ring (bicyclic) bond motifs is 1. The van der Waals surface area contributed by atoms with Crippen molar-refractivity contribution in [2.45, 2.75) is 52.6 Å². The van der Waals surface area contributed by atoms with E-state index in [0.29, 0.717) is 39.7 Å². The highest BCUT2D eigenvalue weighted by Crippen LogP contribution is 2.34. The van der Waals surface area contributed by atoms with Crippen LogP contribution in [0.2, 0.25) is 0 Å². The number of aryl methyl sites for hydroxylation is 1. The van der Waals surface area contributed by atoms with Crippen LogP contribution in [-0.4, -0.2) is 11.6 Å². The highest BCUT2D eigenvalue weighted by Gasteiger charge is 2.27. The van der Waals surface area contributed by atoms with Crippen LogP contribution in [0, 0.1) is 6.92 Å². The molecule has 0 N–H and O–H groups in total. The second-order valence-corrected chi connectivity index (χ2v) is 12.9. The minimum Gasteiger partial charge on any atom is -0.483 e. The number of carbonyl (C=O) groups excluding carboxylic acids is 2. The molecule has 0 aliphatic carbocycles. The van der Waals surface area contributed by atoms with Gasteiger partial charge in [-0.05, 0) is 96.6 Å². The SMILES string of the molecule is CCC(C)(Oc1ccc2ccc(Oc3ccc(C(=O)c4ccc(C(C)C)cc4)cc3)cc2c1)c1ccc(C(=O)c2ccc(C)cc2)cc1. The summed E-state index contributed by atoms with van der Waals surface area (Å²) >= 11 is 0. The molecular formula is C44H40O4. The van der Waals surface area contributed by atoms with E-state index in [4.69, 9.17) is 9.47 Å². The van der Waals surface area contributed by atoms with E-state index in [-0.39, 0.29) is 11.6 Å². The van der Waals surface area contributed by atoms with Crippen molar-refractivity contribution in [3.8, 4) is 17.2 Å². The van der Waals surface area contributed by atoms with Crippen LogP contribution in [0.5, 0.6) is 17.2 Å². The van der Waals surface area contributed by atoms with E-state index in [2.05, 4.69) is 27.7 Å². The first-order chi connectivity index (χ1) is 23.1. The lowest BCUT2D eigenvalue weighted by Crippen LogP contribution is -2.28. The summed E-state index contributed by atoms with van der Waals surface area (Å²) in [6.45, 7) is 10.5. The van der Waals surface area contributed by atoms with Crippen LogP contribution in [0.15, 0.2) is 133 Å². The smallest absolute Gasteiger partial charge is 0.193 e. The third-order valence-electron chi connectivity index (χ3n) is 9.06. The summed E-state index contributed by atoms with van der Waals surface area (Å²) in [6.07, 6.45) is 0.737. The van der Waals surface area contributed by atoms with Gasteiger partial charge in [0.1, 0.15) is 22.8 Å². The summed E-state index contributed by atoms with van der Waals surface area (Å²) in [5.41, 5.74) is 5.35. The molecule has 0 aliphatic heterocycles. The fourth-order valence-corrected chi connectivity index (χ4v) is 5.77. The van der Waals surface area contributed by atoms with Crippen molar-refractivity contribution in [2.75, 3.05) is 0 Å². The standard InChI is InChI=1S/C44H40O4/c1-6-44(5,38-21-15-35(16-22-38)42(45)33-9-7-30(4)8-10-33)48-41-26-18-32-17-25-40(27-37(32)28-41)47-39-23-19-36(20-24-39)43(46)34-13-11-31(12-14-34)29(2)3/h7-29H,6H2,1-5H3. The molecule has 1 atom stereocenters. The Balaban J connectivity index is 1.15. The zero-order valence-corrected chi connectivity index (χ0v) is 28.1. The van der Waals surface area contributed by atoms with E-state index >= 15 is 0 Å². The van der Waals surface area contributed by atoms with Crippen LogP contribution in [-0.2, 0) is 5.60 Å². The quantitative estimate of drug-likeness (QED) is 0.133. The van der Waals surface area contributed by atoms with Crippen molar-refractivity contribution in [1.82, 2.24) is 0 Å². The third kappa shape index (κ3) is 7.08. The zero-order valence-electron chi connectivity index (χ0n) is 28.1. The van der Waals surface area contributed by atoms with Gasteiger partial charge in [0, 0.05) is 22.3 Å². The van der Waals surface area contributed by atoms with Crippen LogP contribution in [0.3, 0.4) is 0 Å². The third-order valence-corrected chi connectivity index (χ3v) is 9.06. The topological polar surface area (TPSA) is 52.6 Å². The van der Waals surface area contributed by atoms with Gasteiger partial charge in [-0.15, -0.1) is 0 Å². The Bertz CT molecular complexity index is 2060. The van der Waals surface area contributed by atoms with Gasteiger partial charge >= 0.3 is 0 Å². The Hall–Kier alpha value is -5.48. The molecule has 0 aliphatic rings. The number of hydrogen-bond acceptors (Lipinski definition) is 4. The molecule has 0 saturated carbocycles. The summed E-state index contributed by atoms with van der Waals surface area (Å²) in [5, 5.41) is 2.05. The molecule has 0 radical (unpaired) electrons.